The third-order valence-electron chi connectivity index (χ3n) is 15.3. The summed E-state index contributed by atoms with van der Waals surface area (Å²) >= 11 is 0. The zero-order chi connectivity index (χ0) is 47.9. The van der Waals surface area contributed by atoms with E-state index in [1.54, 1.807) is 0 Å². The first-order valence-corrected chi connectivity index (χ1v) is 25.0. The zero-order valence-electron chi connectivity index (χ0n) is 40.2. The van der Waals surface area contributed by atoms with Gasteiger partial charge >= 0.3 is 0 Å². The molecule has 72 heavy (non-hydrogen) atoms. The molecule has 0 spiro atoms. The van der Waals surface area contributed by atoms with Gasteiger partial charge in [-0.1, -0.05) is 190 Å². The molecular weight excluding hydrogens is 871 g/mol. The van der Waals surface area contributed by atoms with Crippen LogP contribution >= 0.6 is 0 Å². The molecule has 0 saturated heterocycles. The minimum atomic E-state index is -0.225. The minimum absolute atomic E-state index is 0.225. The fraction of sp³-hybridized carbons (Fsp3) is 0.0435. The lowest BCUT2D eigenvalue weighted by Crippen LogP contribution is -2.17. The third-order valence-corrected chi connectivity index (χ3v) is 15.3. The molecule has 0 aliphatic heterocycles. The van der Waals surface area contributed by atoms with Crippen LogP contribution in [0.15, 0.2) is 261 Å². The van der Waals surface area contributed by atoms with E-state index in [1.807, 2.05) is 0 Å². The van der Waals surface area contributed by atoms with Crippen LogP contribution in [0.1, 0.15) is 25.0 Å². The fourth-order valence-corrected chi connectivity index (χ4v) is 11.9. The maximum Gasteiger partial charge on any atom is 0.0547 e. The van der Waals surface area contributed by atoms with E-state index in [-0.39, 0.29) is 5.41 Å². The Balaban J connectivity index is 0.914. The number of rotatable bonds is 8. The standard InChI is InChI=1S/C69H49N3/c1-69(2)61-44-49(46-18-5-3-6-19-46)36-42-54(61)55-43-41-53(45-62(55)69)70(51-37-32-47(33-38-51)48-34-39-52(40-35-48)71-64-28-14-9-22-56(64)57-23-10-15-29-65(57)71)63-27-13-11-24-58(63)59-26-17-31-67-68(59)60-25-12-16-30-66(60)72(67)50-20-7-4-8-21-50/h3-45H,1-2H3. The molecule has 3 heteroatoms. The molecule has 0 N–H and O–H groups in total. The Morgan fingerprint density at radius 1 is 0.306 bits per heavy atom. The first-order valence-electron chi connectivity index (χ1n) is 25.0. The van der Waals surface area contributed by atoms with Gasteiger partial charge in [-0.2, -0.15) is 0 Å². The van der Waals surface area contributed by atoms with Gasteiger partial charge < -0.3 is 14.0 Å². The molecule has 0 saturated carbocycles. The van der Waals surface area contributed by atoms with Crippen LogP contribution in [0.4, 0.5) is 17.1 Å². The van der Waals surface area contributed by atoms with Gasteiger partial charge in [0.05, 0.1) is 27.8 Å². The van der Waals surface area contributed by atoms with Crippen molar-refractivity contribution in [2.45, 2.75) is 19.3 Å². The summed E-state index contributed by atoms with van der Waals surface area (Å²) < 4.78 is 4.79. The summed E-state index contributed by atoms with van der Waals surface area (Å²) in [6.45, 7) is 4.78. The molecule has 2 heterocycles. The molecule has 0 amide bonds. The van der Waals surface area contributed by atoms with Gasteiger partial charge in [-0.25, -0.2) is 0 Å². The molecule has 0 fully saturated rings. The van der Waals surface area contributed by atoms with E-state index in [0.29, 0.717) is 0 Å². The highest BCUT2D eigenvalue weighted by Gasteiger charge is 2.36. The Kier molecular flexibility index (Phi) is 9.56. The molecule has 1 aliphatic carbocycles. The number of hydrogen-bond acceptors (Lipinski definition) is 1. The van der Waals surface area contributed by atoms with Crippen LogP contribution < -0.4 is 4.90 Å². The Bertz CT molecular complexity index is 4160. The highest BCUT2D eigenvalue weighted by molar-refractivity contribution is 6.17. The predicted octanol–water partition coefficient (Wildman–Crippen LogP) is 18.7. The summed E-state index contributed by atoms with van der Waals surface area (Å²) in [5.41, 5.74) is 22.7. The van der Waals surface area contributed by atoms with E-state index in [0.717, 1.165) is 28.4 Å². The van der Waals surface area contributed by atoms with E-state index in [9.17, 15) is 0 Å². The molecule has 13 aromatic rings. The van der Waals surface area contributed by atoms with Crippen molar-refractivity contribution < 1.29 is 0 Å². The van der Waals surface area contributed by atoms with Gasteiger partial charge in [0.15, 0.2) is 0 Å². The Hall–Kier alpha value is -9.18. The maximum absolute atomic E-state index is 2.48. The number of para-hydroxylation sites is 5. The molecule has 3 nitrogen and oxygen atoms in total. The largest absolute Gasteiger partial charge is 0.310 e. The van der Waals surface area contributed by atoms with Gasteiger partial charge in [-0.3, -0.25) is 0 Å². The van der Waals surface area contributed by atoms with Gasteiger partial charge in [-0.05, 0) is 135 Å². The molecular formula is C69H49N3. The Morgan fingerprint density at radius 2 is 0.764 bits per heavy atom. The summed E-state index contributed by atoms with van der Waals surface area (Å²) in [5.74, 6) is 0. The fourth-order valence-electron chi connectivity index (χ4n) is 11.9. The Morgan fingerprint density at radius 3 is 1.46 bits per heavy atom. The summed E-state index contributed by atoms with van der Waals surface area (Å²) in [6.07, 6.45) is 0. The molecule has 1 aliphatic rings. The molecule has 340 valence electrons. The first-order chi connectivity index (χ1) is 35.5. The molecule has 0 radical (unpaired) electrons. The summed E-state index contributed by atoms with van der Waals surface area (Å²) in [4.78, 5) is 2.48. The average molecular weight is 920 g/mol. The summed E-state index contributed by atoms with van der Waals surface area (Å²) in [5, 5.41) is 5.00. The predicted molar refractivity (Wildman–Crippen MR) is 304 cm³/mol. The molecule has 2 aromatic heterocycles. The lowest BCUT2D eigenvalue weighted by atomic mass is 9.81. The van der Waals surface area contributed by atoms with Crippen LogP contribution in [0.3, 0.4) is 0 Å². The minimum Gasteiger partial charge on any atom is -0.310 e. The first kappa shape index (κ1) is 41.8. The van der Waals surface area contributed by atoms with Gasteiger partial charge in [0.25, 0.3) is 0 Å². The van der Waals surface area contributed by atoms with E-state index in [2.05, 4.69) is 289 Å². The van der Waals surface area contributed by atoms with Crippen LogP contribution in [-0.2, 0) is 5.41 Å². The van der Waals surface area contributed by atoms with Crippen molar-refractivity contribution in [3.05, 3.63) is 272 Å². The SMILES string of the molecule is CC1(C)c2cc(-c3ccccc3)ccc2-c2ccc(N(c3ccc(-c4ccc(-n5c6ccccc6c6ccccc65)cc4)cc3)c3ccccc3-c3cccc4c3c3ccccc3n4-c3ccccc3)cc21. The number of hydrogen-bond donors (Lipinski definition) is 0. The number of anilines is 3. The van der Waals surface area contributed by atoms with Gasteiger partial charge in [-0.15, -0.1) is 0 Å². The third kappa shape index (κ3) is 6.51. The lowest BCUT2D eigenvalue weighted by Gasteiger charge is -2.30. The summed E-state index contributed by atoms with van der Waals surface area (Å²) in [7, 11) is 0. The number of aromatic nitrogens is 2. The molecule has 0 atom stereocenters. The zero-order valence-corrected chi connectivity index (χ0v) is 40.2. The van der Waals surface area contributed by atoms with Crippen LogP contribution in [0.2, 0.25) is 0 Å². The van der Waals surface area contributed by atoms with Crippen LogP contribution in [-0.4, -0.2) is 9.13 Å². The van der Waals surface area contributed by atoms with Crippen molar-refractivity contribution in [3.63, 3.8) is 0 Å². The second-order valence-electron chi connectivity index (χ2n) is 19.7. The van der Waals surface area contributed by atoms with Gasteiger partial charge in [0, 0.05) is 55.3 Å². The highest BCUT2D eigenvalue weighted by atomic mass is 15.1. The average Bonchev–Trinajstić information content (AvgIpc) is 4.05. The number of fused-ring (bicyclic) bond motifs is 9. The quantitative estimate of drug-likeness (QED) is 0.148. The van der Waals surface area contributed by atoms with Crippen molar-refractivity contribution in [3.8, 4) is 55.9 Å². The van der Waals surface area contributed by atoms with Gasteiger partial charge in [0.2, 0.25) is 0 Å². The smallest absolute Gasteiger partial charge is 0.0547 e. The second kappa shape index (κ2) is 16.5. The molecule has 0 bridgehead atoms. The molecule has 0 unspecified atom stereocenters. The lowest BCUT2D eigenvalue weighted by molar-refractivity contribution is 0.660. The highest BCUT2D eigenvalue weighted by Crippen LogP contribution is 2.53. The van der Waals surface area contributed by atoms with E-state index < -0.39 is 0 Å². The maximum atomic E-state index is 2.48. The van der Waals surface area contributed by atoms with Gasteiger partial charge in [0.1, 0.15) is 0 Å². The van der Waals surface area contributed by atoms with Crippen LogP contribution in [0.25, 0.3) is 99.5 Å². The topological polar surface area (TPSA) is 13.1 Å². The molecule has 11 aromatic carbocycles. The van der Waals surface area contributed by atoms with Crippen LogP contribution in [0, 0.1) is 0 Å². The van der Waals surface area contributed by atoms with Crippen molar-refractivity contribution in [1.29, 1.82) is 0 Å². The number of benzene rings is 11. The normalized spacial score (nSPS) is 12.7. The van der Waals surface area contributed by atoms with Crippen LogP contribution in [0.5, 0.6) is 0 Å². The summed E-state index contributed by atoms with van der Waals surface area (Å²) in [6, 6.07) is 95.9. The van der Waals surface area contributed by atoms with Crippen molar-refractivity contribution in [2.75, 3.05) is 4.90 Å². The number of nitrogens with zero attached hydrogens (tertiary/aromatic N) is 3. The molecule has 14 rings (SSSR count). The monoisotopic (exact) mass is 919 g/mol. The second-order valence-corrected chi connectivity index (χ2v) is 19.7. The Labute approximate surface area is 419 Å². The van der Waals surface area contributed by atoms with E-state index in [4.69, 9.17) is 0 Å². The van der Waals surface area contributed by atoms with Crippen molar-refractivity contribution in [1.82, 2.24) is 9.13 Å². The van der Waals surface area contributed by atoms with E-state index in [1.165, 1.54) is 99.2 Å². The van der Waals surface area contributed by atoms with E-state index >= 15 is 0 Å². The van der Waals surface area contributed by atoms with Crippen molar-refractivity contribution in [2.24, 2.45) is 0 Å². The van der Waals surface area contributed by atoms with Crippen molar-refractivity contribution >= 4 is 60.7 Å².